The van der Waals surface area contributed by atoms with Gasteiger partial charge in [0.1, 0.15) is 18.2 Å². The van der Waals surface area contributed by atoms with Crippen molar-refractivity contribution in [3.05, 3.63) is 35.9 Å². The van der Waals surface area contributed by atoms with Crippen LogP contribution in [0.1, 0.15) is 58.9 Å². The molecule has 3 aliphatic rings. The van der Waals surface area contributed by atoms with Gasteiger partial charge in [0, 0.05) is 12.0 Å². The lowest BCUT2D eigenvalue weighted by molar-refractivity contribution is -0.177. The molecule has 0 N–H and O–H groups in total. The first-order valence-corrected chi connectivity index (χ1v) is 10.4. The molecule has 1 aromatic rings. The standard InChI is InChI=1S/C23H31NO4/c1-21(2)17-10-11-22(21,3)18(14-17)28-19(25)23(4)12-13-24(23)20(26)27-15-16-8-6-5-7-9-16/h5-9,17-18H,10-15H2,1-4H3/t17-,18-,22+,23-/m0/s1. The van der Waals surface area contributed by atoms with Crippen molar-refractivity contribution in [1.82, 2.24) is 4.90 Å². The monoisotopic (exact) mass is 385 g/mol. The number of hydrogen-bond donors (Lipinski definition) is 0. The number of rotatable bonds is 4. The Balaban J connectivity index is 1.38. The summed E-state index contributed by atoms with van der Waals surface area (Å²) in [5.41, 5.74) is 0.215. The topological polar surface area (TPSA) is 55.8 Å². The van der Waals surface area contributed by atoms with E-state index in [-0.39, 0.29) is 29.5 Å². The zero-order chi connectivity index (χ0) is 20.2. The third kappa shape index (κ3) is 2.73. The first-order chi connectivity index (χ1) is 13.2. The highest BCUT2D eigenvalue weighted by molar-refractivity contribution is 5.87. The Labute approximate surface area is 167 Å². The maximum absolute atomic E-state index is 13.1. The summed E-state index contributed by atoms with van der Waals surface area (Å²) in [5, 5.41) is 0. The molecule has 1 aliphatic heterocycles. The van der Waals surface area contributed by atoms with E-state index in [4.69, 9.17) is 9.47 Å². The highest BCUT2D eigenvalue weighted by Crippen LogP contribution is 2.66. The van der Waals surface area contributed by atoms with Gasteiger partial charge in [0.15, 0.2) is 0 Å². The van der Waals surface area contributed by atoms with Crippen LogP contribution in [0.15, 0.2) is 30.3 Å². The summed E-state index contributed by atoms with van der Waals surface area (Å²) >= 11 is 0. The molecule has 0 aromatic heterocycles. The van der Waals surface area contributed by atoms with Gasteiger partial charge in [-0.05, 0) is 49.5 Å². The molecule has 4 atom stereocenters. The van der Waals surface area contributed by atoms with Crippen molar-refractivity contribution in [2.24, 2.45) is 16.7 Å². The van der Waals surface area contributed by atoms with Gasteiger partial charge >= 0.3 is 12.1 Å². The molecule has 4 rings (SSSR count). The van der Waals surface area contributed by atoms with Crippen LogP contribution in [0.5, 0.6) is 0 Å². The molecule has 3 fully saturated rings. The quantitative estimate of drug-likeness (QED) is 0.714. The van der Waals surface area contributed by atoms with Gasteiger partial charge in [-0.15, -0.1) is 0 Å². The predicted molar refractivity (Wildman–Crippen MR) is 105 cm³/mol. The fraction of sp³-hybridized carbons (Fsp3) is 0.652. The van der Waals surface area contributed by atoms with Gasteiger partial charge in [0.2, 0.25) is 0 Å². The molecule has 1 heterocycles. The highest BCUT2D eigenvalue weighted by atomic mass is 16.6. The maximum Gasteiger partial charge on any atom is 0.411 e. The van der Waals surface area contributed by atoms with Crippen molar-refractivity contribution in [1.29, 1.82) is 0 Å². The minimum absolute atomic E-state index is 0.0199. The Bertz CT molecular complexity index is 776. The van der Waals surface area contributed by atoms with Crippen molar-refractivity contribution in [3.8, 4) is 0 Å². The zero-order valence-electron chi connectivity index (χ0n) is 17.4. The van der Waals surface area contributed by atoms with Crippen LogP contribution in [0.4, 0.5) is 4.79 Å². The maximum atomic E-state index is 13.1. The molecule has 2 saturated carbocycles. The zero-order valence-corrected chi connectivity index (χ0v) is 17.4. The molecule has 0 radical (unpaired) electrons. The number of ether oxygens (including phenoxy) is 2. The summed E-state index contributed by atoms with van der Waals surface area (Å²) in [6.07, 6.45) is 3.35. The van der Waals surface area contributed by atoms with Crippen molar-refractivity contribution in [2.75, 3.05) is 6.54 Å². The van der Waals surface area contributed by atoms with Crippen molar-refractivity contribution in [3.63, 3.8) is 0 Å². The fourth-order valence-electron chi connectivity index (χ4n) is 5.43. The summed E-state index contributed by atoms with van der Waals surface area (Å²) in [6.45, 7) is 9.39. The Morgan fingerprint density at radius 3 is 2.36 bits per heavy atom. The molecular weight excluding hydrogens is 354 g/mol. The summed E-state index contributed by atoms with van der Waals surface area (Å²) in [7, 11) is 0. The molecule has 1 saturated heterocycles. The van der Waals surface area contributed by atoms with Crippen molar-refractivity contribution >= 4 is 12.1 Å². The number of fused-ring (bicyclic) bond motifs is 2. The highest BCUT2D eigenvalue weighted by Gasteiger charge is 2.64. The van der Waals surface area contributed by atoms with Gasteiger partial charge < -0.3 is 9.47 Å². The molecule has 0 spiro atoms. The van der Waals surface area contributed by atoms with E-state index in [9.17, 15) is 9.59 Å². The van der Waals surface area contributed by atoms with Crippen LogP contribution in [-0.4, -0.2) is 35.2 Å². The first kappa shape index (κ1) is 19.3. The number of carbonyl (C=O) groups excluding carboxylic acids is 2. The van der Waals surface area contributed by atoms with Crippen molar-refractivity contribution in [2.45, 2.75) is 71.6 Å². The van der Waals surface area contributed by atoms with Crippen molar-refractivity contribution < 1.29 is 19.1 Å². The molecule has 5 nitrogen and oxygen atoms in total. The molecule has 152 valence electrons. The number of carbonyl (C=O) groups is 2. The van der Waals surface area contributed by atoms with Gasteiger partial charge in [-0.2, -0.15) is 0 Å². The third-order valence-corrected chi connectivity index (χ3v) is 8.25. The Morgan fingerprint density at radius 2 is 1.82 bits per heavy atom. The van der Waals surface area contributed by atoms with E-state index in [1.165, 1.54) is 11.3 Å². The first-order valence-electron chi connectivity index (χ1n) is 10.4. The number of esters is 1. The molecule has 2 bridgehead atoms. The van der Waals surface area contributed by atoms with E-state index in [1.54, 1.807) is 6.92 Å². The van der Waals surface area contributed by atoms with E-state index < -0.39 is 11.6 Å². The number of likely N-dealkylation sites (tertiary alicyclic amines) is 1. The average Bonchev–Trinajstić information content (AvgIpc) is 2.99. The molecule has 2 aliphatic carbocycles. The van der Waals surface area contributed by atoms with E-state index in [2.05, 4.69) is 20.8 Å². The van der Waals surface area contributed by atoms with E-state index in [0.717, 1.165) is 18.4 Å². The summed E-state index contributed by atoms with van der Waals surface area (Å²) in [4.78, 5) is 27.1. The van der Waals surface area contributed by atoms with Crippen LogP contribution in [0.2, 0.25) is 0 Å². The molecule has 1 aromatic carbocycles. The second-order valence-corrected chi connectivity index (χ2v) is 9.72. The van der Waals surface area contributed by atoms with Crippen LogP contribution in [0.25, 0.3) is 0 Å². The SMILES string of the molecule is CC1(C)[C@H]2CC[C@]1(C)[C@@H](OC(=O)[C@]1(C)CCN1C(=O)OCc1ccccc1)C2. The van der Waals surface area contributed by atoms with Crippen LogP contribution in [0, 0.1) is 16.7 Å². The smallest absolute Gasteiger partial charge is 0.411 e. The lowest BCUT2D eigenvalue weighted by Gasteiger charge is -2.48. The van der Waals surface area contributed by atoms with Gasteiger partial charge in [0.25, 0.3) is 0 Å². The van der Waals surface area contributed by atoms with Crippen LogP contribution in [0.3, 0.4) is 0 Å². The Hall–Kier alpha value is -2.04. The van der Waals surface area contributed by atoms with Crippen LogP contribution < -0.4 is 0 Å². The molecule has 28 heavy (non-hydrogen) atoms. The Kier molecular flexibility index (Phi) is 4.48. The fourth-order valence-corrected chi connectivity index (χ4v) is 5.43. The van der Waals surface area contributed by atoms with Crippen LogP contribution >= 0.6 is 0 Å². The number of amides is 1. The Morgan fingerprint density at radius 1 is 1.11 bits per heavy atom. The minimum Gasteiger partial charge on any atom is -0.460 e. The molecule has 0 unspecified atom stereocenters. The van der Waals surface area contributed by atoms with E-state index in [1.807, 2.05) is 30.3 Å². The normalized spacial score (nSPS) is 35.4. The van der Waals surface area contributed by atoms with E-state index >= 15 is 0 Å². The molecule has 5 heteroatoms. The predicted octanol–water partition coefficient (Wildman–Crippen LogP) is 4.55. The van der Waals surface area contributed by atoms with Gasteiger partial charge in [-0.3, -0.25) is 4.90 Å². The lowest BCUT2D eigenvalue weighted by Crippen LogP contribution is -2.65. The third-order valence-electron chi connectivity index (χ3n) is 8.25. The minimum atomic E-state index is -0.921. The van der Waals surface area contributed by atoms with E-state index in [0.29, 0.717) is 18.9 Å². The van der Waals surface area contributed by atoms with Gasteiger partial charge in [-0.1, -0.05) is 51.1 Å². The number of benzene rings is 1. The molecular formula is C23H31NO4. The van der Waals surface area contributed by atoms with Gasteiger partial charge in [-0.25, -0.2) is 9.59 Å². The molecule has 1 amide bonds. The van der Waals surface area contributed by atoms with Crippen LogP contribution in [-0.2, 0) is 20.9 Å². The summed E-state index contributed by atoms with van der Waals surface area (Å²) in [5.74, 6) is 0.321. The lowest BCUT2D eigenvalue weighted by atomic mass is 9.70. The number of nitrogens with zero attached hydrogens (tertiary/aromatic N) is 1. The van der Waals surface area contributed by atoms with Gasteiger partial charge in [0.05, 0.1) is 0 Å². The second kappa shape index (κ2) is 6.50. The second-order valence-electron chi connectivity index (χ2n) is 9.72. The number of hydrogen-bond acceptors (Lipinski definition) is 4. The largest absolute Gasteiger partial charge is 0.460 e. The summed E-state index contributed by atoms with van der Waals surface area (Å²) in [6, 6.07) is 9.56. The summed E-state index contributed by atoms with van der Waals surface area (Å²) < 4.78 is 11.5. The average molecular weight is 386 g/mol.